The summed E-state index contributed by atoms with van der Waals surface area (Å²) >= 11 is 0. The molecular weight excluding hydrogens is 236 g/mol. The lowest BCUT2D eigenvalue weighted by Crippen LogP contribution is -2.11. The summed E-state index contributed by atoms with van der Waals surface area (Å²) in [4.78, 5) is 16.9. The molecule has 3 heteroatoms. The molecule has 0 fully saturated rings. The largest absolute Gasteiger partial charge is 0.326 e. The number of rotatable bonds is 3. The molecule has 1 atom stereocenters. The molecular formula is C16H16N2O. The van der Waals surface area contributed by atoms with Crippen molar-refractivity contribution in [1.82, 2.24) is 4.98 Å². The van der Waals surface area contributed by atoms with Crippen molar-refractivity contribution in [3.05, 3.63) is 65.0 Å². The maximum Gasteiger partial charge on any atom is 0.171 e. The lowest BCUT2D eigenvalue weighted by Gasteiger charge is -2.10. The van der Waals surface area contributed by atoms with Crippen molar-refractivity contribution in [1.29, 1.82) is 0 Å². The molecule has 0 radical (unpaired) electrons. The molecule has 1 aliphatic carbocycles. The molecule has 0 bridgehead atoms. The van der Waals surface area contributed by atoms with Gasteiger partial charge in [0, 0.05) is 18.3 Å². The van der Waals surface area contributed by atoms with Gasteiger partial charge in [0.2, 0.25) is 0 Å². The third-order valence-electron chi connectivity index (χ3n) is 3.75. The summed E-state index contributed by atoms with van der Waals surface area (Å²) in [6, 6.07) is 11.6. The van der Waals surface area contributed by atoms with E-state index in [4.69, 9.17) is 5.73 Å². The molecule has 0 aliphatic heterocycles. The van der Waals surface area contributed by atoms with Crippen LogP contribution in [0.1, 0.15) is 39.5 Å². The smallest absolute Gasteiger partial charge is 0.171 e. The number of hydrogen-bond acceptors (Lipinski definition) is 3. The van der Waals surface area contributed by atoms with E-state index >= 15 is 0 Å². The van der Waals surface area contributed by atoms with Crippen LogP contribution in [0.5, 0.6) is 0 Å². The summed E-state index contributed by atoms with van der Waals surface area (Å²) < 4.78 is 0. The van der Waals surface area contributed by atoms with Crippen molar-refractivity contribution in [2.75, 3.05) is 0 Å². The zero-order valence-corrected chi connectivity index (χ0v) is 10.7. The predicted molar refractivity (Wildman–Crippen MR) is 74.0 cm³/mol. The number of nitrogens with zero attached hydrogens (tertiary/aromatic N) is 1. The van der Waals surface area contributed by atoms with Gasteiger partial charge < -0.3 is 5.73 Å². The van der Waals surface area contributed by atoms with E-state index < -0.39 is 0 Å². The van der Waals surface area contributed by atoms with Gasteiger partial charge in [-0.25, -0.2) is 0 Å². The number of fused-ring (bicyclic) bond motifs is 1. The van der Waals surface area contributed by atoms with E-state index in [0.717, 1.165) is 29.7 Å². The molecule has 3 nitrogen and oxygen atoms in total. The number of hydrogen-bond donors (Lipinski definition) is 1. The van der Waals surface area contributed by atoms with Crippen molar-refractivity contribution in [3.8, 4) is 0 Å². The molecule has 19 heavy (non-hydrogen) atoms. The summed E-state index contributed by atoms with van der Waals surface area (Å²) in [5, 5.41) is 0. The van der Waals surface area contributed by atoms with Gasteiger partial charge in [0.1, 0.15) is 0 Å². The van der Waals surface area contributed by atoms with Crippen molar-refractivity contribution in [3.63, 3.8) is 0 Å². The highest BCUT2D eigenvalue weighted by molar-refractivity contribution is 6.01. The normalized spacial score (nSPS) is 17.2. The number of Topliss-reactive ketones (excluding diaryl/α,β-unsaturated/α-hetero) is 1. The van der Waals surface area contributed by atoms with Gasteiger partial charge in [-0.2, -0.15) is 0 Å². The zero-order chi connectivity index (χ0) is 13.2. The number of aromatic nitrogens is 1. The van der Waals surface area contributed by atoms with Crippen LogP contribution in [-0.4, -0.2) is 10.8 Å². The molecule has 0 spiro atoms. The average molecular weight is 252 g/mol. The Kier molecular flexibility index (Phi) is 3.13. The van der Waals surface area contributed by atoms with E-state index in [1.54, 1.807) is 6.20 Å². The number of nitrogens with two attached hydrogens (primary N) is 1. The predicted octanol–water partition coefficient (Wildman–Crippen LogP) is 2.45. The van der Waals surface area contributed by atoms with Crippen molar-refractivity contribution >= 4 is 5.78 Å². The van der Waals surface area contributed by atoms with Gasteiger partial charge >= 0.3 is 0 Å². The quantitative estimate of drug-likeness (QED) is 0.854. The van der Waals surface area contributed by atoms with E-state index in [0.29, 0.717) is 6.54 Å². The van der Waals surface area contributed by atoms with Crippen LogP contribution in [-0.2, 0) is 13.0 Å². The Morgan fingerprint density at radius 2 is 2.05 bits per heavy atom. The standard InChI is InChI=1S/C16H16N2O/c17-10-11-3-5-13(6-4-11)16(19)14-8-7-12-2-1-9-18-15(12)14/h1-6,9,14H,7-8,10,17H2. The van der Waals surface area contributed by atoms with E-state index in [2.05, 4.69) is 11.1 Å². The van der Waals surface area contributed by atoms with Gasteiger partial charge in [-0.3, -0.25) is 9.78 Å². The summed E-state index contributed by atoms with van der Waals surface area (Å²) in [5.41, 5.74) is 9.52. The molecule has 3 rings (SSSR count). The Labute approximate surface area is 112 Å². The summed E-state index contributed by atoms with van der Waals surface area (Å²) in [5.74, 6) is 0.0842. The van der Waals surface area contributed by atoms with E-state index in [9.17, 15) is 4.79 Å². The molecule has 1 aromatic heterocycles. The second-order valence-electron chi connectivity index (χ2n) is 4.90. The average Bonchev–Trinajstić information content (AvgIpc) is 2.90. The van der Waals surface area contributed by atoms with Gasteiger partial charge in [0.15, 0.2) is 5.78 Å². The highest BCUT2D eigenvalue weighted by atomic mass is 16.1. The molecule has 96 valence electrons. The first kappa shape index (κ1) is 12.1. The van der Waals surface area contributed by atoms with E-state index in [1.165, 1.54) is 5.56 Å². The fourth-order valence-corrected chi connectivity index (χ4v) is 2.67. The first-order valence-corrected chi connectivity index (χ1v) is 6.56. The number of ketones is 1. The Balaban J connectivity index is 1.89. The van der Waals surface area contributed by atoms with Crippen LogP contribution in [0, 0.1) is 0 Å². The Morgan fingerprint density at radius 1 is 1.26 bits per heavy atom. The third kappa shape index (κ3) is 2.17. The van der Waals surface area contributed by atoms with Crippen LogP contribution in [0.4, 0.5) is 0 Å². The molecule has 2 aromatic rings. The van der Waals surface area contributed by atoms with Crippen molar-refractivity contribution in [2.24, 2.45) is 5.73 Å². The van der Waals surface area contributed by atoms with Gasteiger partial charge in [-0.1, -0.05) is 30.3 Å². The Bertz CT molecular complexity index is 604. The number of pyridine rings is 1. The first-order chi connectivity index (χ1) is 9.29. The van der Waals surface area contributed by atoms with Gasteiger partial charge in [-0.15, -0.1) is 0 Å². The number of carbonyl (C=O) groups is 1. The van der Waals surface area contributed by atoms with Gasteiger partial charge in [0.25, 0.3) is 0 Å². The summed E-state index contributed by atoms with van der Waals surface area (Å²) in [7, 11) is 0. The molecule has 1 aliphatic rings. The summed E-state index contributed by atoms with van der Waals surface area (Å²) in [6.07, 6.45) is 3.58. The second kappa shape index (κ2) is 4.94. The molecule has 1 unspecified atom stereocenters. The minimum atomic E-state index is -0.0834. The van der Waals surface area contributed by atoms with Crippen LogP contribution in [0.15, 0.2) is 42.6 Å². The van der Waals surface area contributed by atoms with Crippen LogP contribution in [0.3, 0.4) is 0 Å². The third-order valence-corrected chi connectivity index (χ3v) is 3.75. The Hall–Kier alpha value is -2.00. The maximum atomic E-state index is 12.5. The molecule has 0 saturated carbocycles. The molecule has 2 N–H and O–H groups in total. The zero-order valence-electron chi connectivity index (χ0n) is 10.7. The van der Waals surface area contributed by atoms with Gasteiger partial charge in [0.05, 0.1) is 11.6 Å². The minimum Gasteiger partial charge on any atom is -0.326 e. The van der Waals surface area contributed by atoms with Crippen LogP contribution in [0.2, 0.25) is 0 Å². The van der Waals surface area contributed by atoms with Crippen LogP contribution in [0.25, 0.3) is 0 Å². The SMILES string of the molecule is NCc1ccc(C(=O)C2CCc3cccnc32)cc1. The van der Waals surface area contributed by atoms with E-state index in [-0.39, 0.29) is 11.7 Å². The minimum absolute atomic E-state index is 0.0834. The first-order valence-electron chi connectivity index (χ1n) is 6.56. The van der Waals surface area contributed by atoms with Gasteiger partial charge in [-0.05, 0) is 30.0 Å². The highest BCUT2D eigenvalue weighted by Crippen LogP contribution is 2.33. The fraction of sp³-hybridized carbons (Fsp3) is 0.250. The van der Waals surface area contributed by atoms with Crippen LogP contribution >= 0.6 is 0 Å². The maximum absolute atomic E-state index is 12.5. The second-order valence-corrected chi connectivity index (χ2v) is 4.90. The highest BCUT2D eigenvalue weighted by Gasteiger charge is 2.30. The number of aryl methyl sites for hydroxylation is 1. The molecule has 1 heterocycles. The molecule has 1 aromatic carbocycles. The lowest BCUT2D eigenvalue weighted by molar-refractivity contribution is 0.0958. The lowest BCUT2D eigenvalue weighted by atomic mass is 9.94. The van der Waals surface area contributed by atoms with Crippen molar-refractivity contribution < 1.29 is 4.79 Å². The summed E-state index contributed by atoms with van der Waals surface area (Å²) in [6.45, 7) is 0.502. The van der Waals surface area contributed by atoms with Crippen LogP contribution < -0.4 is 5.73 Å². The molecule has 0 amide bonds. The Morgan fingerprint density at radius 3 is 2.79 bits per heavy atom. The number of carbonyl (C=O) groups excluding carboxylic acids is 1. The topological polar surface area (TPSA) is 56.0 Å². The fourth-order valence-electron chi connectivity index (χ4n) is 2.67. The number of benzene rings is 1. The van der Waals surface area contributed by atoms with E-state index in [1.807, 2.05) is 30.3 Å². The monoisotopic (exact) mass is 252 g/mol. The molecule has 0 saturated heterocycles. The van der Waals surface area contributed by atoms with Crippen molar-refractivity contribution in [2.45, 2.75) is 25.3 Å².